The highest BCUT2D eigenvalue weighted by Gasteiger charge is 2.25. The number of carbonyl (C=O) groups excluding carboxylic acids is 2. The fraction of sp³-hybridized carbons (Fsp3) is 0.240. The van der Waals surface area contributed by atoms with Crippen molar-refractivity contribution in [2.45, 2.75) is 25.3 Å². The number of benzene rings is 2. The van der Waals surface area contributed by atoms with Crippen molar-refractivity contribution in [2.75, 3.05) is 13.1 Å². The molecule has 1 aliphatic rings. The molecule has 0 bridgehead atoms. The zero-order valence-corrected chi connectivity index (χ0v) is 17.2. The van der Waals surface area contributed by atoms with Gasteiger partial charge in [0.1, 0.15) is 5.75 Å². The molecule has 2 aromatic carbocycles. The van der Waals surface area contributed by atoms with Gasteiger partial charge in [0.25, 0.3) is 11.8 Å². The number of carbonyl (C=O) groups is 2. The van der Waals surface area contributed by atoms with Crippen LogP contribution < -0.4 is 5.32 Å². The van der Waals surface area contributed by atoms with Gasteiger partial charge in [-0.05, 0) is 54.7 Å². The normalized spacial score (nSPS) is 14.3. The molecule has 0 atom stereocenters. The summed E-state index contributed by atoms with van der Waals surface area (Å²) in [5, 5.41) is 13.2. The molecule has 0 saturated carbocycles. The lowest BCUT2D eigenvalue weighted by atomic mass is 10.0. The van der Waals surface area contributed by atoms with Gasteiger partial charge in [-0.1, -0.05) is 36.4 Å². The summed E-state index contributed by atoms with van der Waals surface area (Å²) >= 11 is 0. The highest BCUT2D eigenvalue weighted by molar-refractivity contribution is 5.97. The second-order valence-electron chi connectivity index (χ2n) is 7.79. The van der Waals surface area contributed by atoms with Crippen LogP contribution in [0.5, 0.6) is 5.75 Å². The van der Waals surface area contributed by atoms with E-state index in [1.807, 2.05) is 36.4 Å². The minimum absolute atomic E-state index is 0.0153. The number of hydrogen-bond donors (Lipinski definition) is 2. The van der Waals surface area contributed by atoms with Crippen LogP contribution in [-0.4, -0.2) is 45.9 Å². The van der Waals surface area contributed by atoms with Crippen LogP contribution in [0.4, 0.5) is 0 Å². The van der Waals surface area contributed by atoms with Crippen molar-refractivity contribution >= 4 is 11.8 Å². The maximum Gasteiger partial charge on any atom is 0.255 e. The maximum absolute atomic E-state index is 12.8. The van der Waals surface area contributed by atoms with Crippen molar-refractivity contribution < 1.29 is 14.7 Å². The highest BCUT2D eigenvalue weighted by Crippen LogP contribution is 2.22. The second kappa shape index (κ2) is 9.43. The van der Waals surface area contributed by atoms with Crippen molar-refractivity contribution in [3.05, 3.63) is 95.3 Å². The minimum Gasteiger partial charge on any atom is -0.507 e. The van der Waals surface area contributed by atoms with E-state index in [9.17, 15) is 14.7 Å². The summed E-state index contributed by atoms with van der Waals surface area (Å²) in [5.74, 6) is -0.329. The standard InChI is InChI=1S/C25H25N3O3/c29-23-7-6-19(16-18-4-2-1-3-5-18)17-22(23)24(30)27-21-10-14-28(15-11-21)25(31)20-8-12-26-13-9-20/h1-9,12-13,17,21,29H,10-11,14-16H2,(H,27,30). The van der Waals surface area contributed by atoms with Crippen molar-refractivity contribution in [3.63, 3.8) is 0 Å². The van der Waals surface area contributed by atoms with E-state index < -0.39 is 0 Å². The number of phenols is 1. The second-order valence-corrected chi connectivity index (χ2v) is 7.79. The fourth-order valence-electron chi connectivity index (χ4n) is 3.87. The molecule has 2 N–H and O–H groups in total. The molecule has 1 saturated heterocycles. The molecule has 4 rings (SSSR count). The van der Waals surface area contributed by atoms with Crippen LogP contribution >= 0.6 is 0 Å². The van der Waals surface area contributed by atoms with Crippen LogP contribution in [0.15, 0.2) is 73.1 Å². The van der Waals surface area contributed by atoms with Gasteiger partial charge in [-0.15, -0.1) is 0 Å². The quantitative estimate of drug-likeness (QED) is 0.669. The summed E-state index contributed by atoms with van der Waals surface area (Å²) in [6.45, 7) is 1.15. The molecular formula is C25H25N3O3. The van der Waals surface area contributed by atoms with Gasteiger partial charge in [-0.2, -0.15) is 0 Å². The van der Waals surface area contributed by atoms with E-state index >= 15 is 0 Å². The molecule has 0 aliphatic carbocycles. The van der Waals surface area contributed by atoms with E-state index in [2.05, 4.69) is 10.3 Å². The van der Waals surface area contributed by atoms with E-state index in [-0.39, 0.29) is 29.2 Å². The van der Waals surface area contributed by atoms with Crippen LogP contribution in [-0.2, 0) is 6.42 Å². The first-order valence-electron chi connectivity index (χ1n) is 10.5. The number of rotatable bonds is 5. The van der Waals surface area contributed by atoms with E-state index in [0.29, 0.717) is 37.9 Å². The monoisotopic (exact) mass is 415 g/mol. The molecule has 2 heterocycles. The van der Waals surface area contributed by atoms with Crippen LogP contribution in [0.1, 0.15) is 44.7 Å². The van der Waals surface area contributed by atoms with Gasteiger partial charge in [0, 0.05) is 37.1 Å². The lowest BCUT2D eigenvalue weighted by Gasteiger charge is -2.32. The topological polar surface area (TPSA) is 82.5 Å². The zero-order valence-electron chi connectivity index (χ0n) is 17.2. The Morgan fingerprint density at radius 3 is 2.39 bits per heavy atom. The zero-order chi connectivity index (χ0) is 21.6. The molecule has 1 aliphatic heterocycles. The average molecular weight is 415 g/mol. The van der Waals surface area contributed by atoms with E-state index in [1.165, 1.54) is 0 Å². The van der Waals surface area contributed by atoms with Gasteiger partial charge >= 0.3 is 0 Å². The van der Waals surface area contributed by atoms with Crippen molar-refractivity contribution in [2.24, 2.45) is 0 Å². The molecule has 3 aromatic rings. The lowest BCUT2D eigenvalue weighted by Crippen LogP contribution is -2.46. The molecule has 0 radical (unpaired) electrons. The molecule has 6 nitrogen and oxygen atoms in total. The van der Waals surface area contributed by atoms with E-state index in [0.717, 1.165) is 11.1 Å². The molecule has 0 spiro atoms. The maximum atomic E-state index is 12.8. The molecule has 6 heteroatoms. The third-order valence-electron chi connectivity index (χ3n) is 5.60. The number of hydrogen-bond acceptors (Lipinski definition) is 4. The Labute approximate surface area is 181 Å². The summed E-state index contributed by atoms with van der Waals surface area (Å²) in [6.07, 6.45) is 5.26. The molecular weight excluding hydrogens is 390 g/mol. The number of pyridine rings is 1. The van der Waals surface area contributed by atoms with Crippen LogP contribution in [0.2, 0.25) is 0 Å². The molecule has 31 heavy (non-hydrogen) atoms. The third kappa shape index (κ3) is 5.09. The van der Waals surface area contributed by atoms with Gasteiger partial charge in [-0.25, -0.2) is 0 Å². The summed E-state index contributed by atoms with van der Waals surface area (Å²) < 4.78 is 0. The number of aromatic nitrogens is 1. The summed E-state index contributed by atoms with van der Waals surface area (Å²) in [4.78, 5) is 31.1. The smallest absolute Gasteiger partial charge is 0.255 e. The summed E-state index contributed by atoms with van der Waals surface area (Å²) in [5.41, 5.74) is 3.01. The number of likely N-dealkylation sites (tertiary alicyclic amines) is 1. The summed E-state index contributed by atoms with van der Waals surface area (Å²) in [7, 11) is 0. The average Bonchev–Trinajstić information content (AvgIpc) is 2.81. The largest absolute Gasteiger partial charge is 0.507 e. The van der Waals surface area contributed by atoms with E-state index in [1.54, 1.807) is 41.6 Å². The molecule has 0 unspecified atom stereocenters. The Morgan fingerprint density at radius 1 is 0.968 bits per heavy atom. The number of nitrogens with zero attached hydrogens (tertiary/aromatic N) is 2. The Kier molecular flexibility index (Phi) is 6.26. The number of nitrogens with one attached hydrogen (secondary N) is 1. The van der Waals surface area contributed by atoms with Gasteiger partial charge in [-0.3, -0.25) is 14.6 Å². The van der Waals surface area contributed by atoms with Gasteiger partial charge in [0.05, 0.1) is 5.56 Å². The number of phenolic OH excluding ortho intramolecular Hbond substituents is 1. The molecule has 1 fully saturated rings. The van der Waals surface area contributed by atoms with E-state index in [4.69, 9.17) is 0 Å². The number of amides is 2. The van der Waals surface area contributed by atoms with Crippen LogP contribution in [0.25, 0.3) is 0 Å². The Bertz CT molecular complexity index is 1050. The molecule has 158 valence electrons. The SMILES string of the molecule is O=C(NC1CCN(C(=O)c2ccncc2)CC1)c1cc(Cc2ccccc2)ccc1O. The van der Waals surface area contributed by atoms with Crippen molar-refractivity contribution in [1.29, 1.82) is 0 Å². The van der Waals surface area contributed by atoms with Gasteiger partial charge in [0.2, 0.25) is 0 Å². The first kappa shape index (κ1) is 20.6. The fourth-order valence-corrected chi connectivity index (χ4v) is 3.87. The summed E-state index contributed by atoms with van der Waals surface area (Å²) in [6, 6.07) is 18.5. The number of piperidine rings is 1. The van der Waals surface area contributed by atoms with Crippen molar-refractivity contribution in [1.82, 2.24) is 15.2 Å². The van der Waals surface area contributed by atoms with Crippen LogP contribution in [0.3, 0.4) is 0 Å². The first-order chi connectivity index (χ1) is 15.1. The lowest BCUT2D eigenvalue weighted by molar-refractivity contribution is 0.0698. The van der Waals surface area contributed by atoms with Gasteiger partial charge < -0.3 is 15.3 Å². The Hall–Kier alpha value is -3.67. The Morgan fingerprint density at radius 2 is 1.68 bits per heavy atom. The first-order valence-corrected chi connectivity index (χ1v) is 10.5. The predicted octanol–water partition coefficient (Wildman–Crippen LogP) is 3.41. The predicted molar refractivity (Wildman–Crippen MR) is 118 cm³/mol. The Balaban J connectivity index is 1.36. The third-order valence-corrected chi connectivity index (χ3v) is 5.60. The van der Waals surface area contributed by atoms with Gasteiger partial charge in [0.15, 0.2) is 0 Å². The number of aromatic hydroxyl groups is 1. The minimum atomic E-state index is -0.286. The molecule has 2 amide bonds. The molecule has 1 aromatic heterocycles. The van der Waals surface area contributed by atoms with Crippen molar-refractivity contribution in [3.8, 4) is 5.75 Å². The highest BCUT2D eigenvalue weighted by atomic mass is 16.3. The van der Waals surface area contributed by atoms with Crippen LogP contribution in [0, 0.1) is 0 Å².